The lowest BCUT2D eigenvalue weighted by Gasteiger charge is -2.26. The molecule has 2 fully saturated rings. The predicted octanol–water partition coefficient (Wildman–Crippen LogP) is 3.78. The summed E-state index contributed by atoms with van der Waals surface area (Å²) in [4.78, 5) is 9.66. The van der Waals surface area contributed by atoms with Crippen LogP contribution in [0.3, 0.4) is 0 Å². The van der Waals surface area contributed by atoms with Crippen molar-refractivity contribution in [2.24, 2.45) is 0 Å². The molecule has 0 atom stereocenters. The molecule has 2 heterocycles. The molecule has 0 spiro atoms. The van der Waals surface area contributed by atoms with Crippen LogP contribution in [0, 0.1) is 6.92 Å². The van der Waals surface area contributed by atoms with Gasteiger partial charge in [0.2, 0.25) is 5.89 Å². The zero-order valence-corrected chi connectivity index (χ0v) is 18.6. The second kappa shape index (κ2) is 10.0. The van der Waals surface area contributed by atoms with E-state index in [0.717, 1.165) is 57.4 Å². The summed E-state index contributed by atoms with van der Waals surface area (Å²) in [5.74, 6) is 1.61. The van der Waals surface area contributed by atoms with E-state index in [4.69, 9.17) is 14.2 Å². The van der Waals surface area contributed by atoms with Crippen LogP contribution < -0.4 is 0 Å². The number of benzene rings is 1. The summed E-state index contributed by atoms with van der Waals surface area (Å²) in [6.07, 6.45) is 7.05. The summed E-state index contributed by atoms with van der Waals surface area (Å²) in [6, 6.07) is 8.89. The van der Waals surface area contributed by atoms with Crippen molar-refractivity contribution in [2.45, 2.75) is 57.4 Å². The number of unbranched alkanes of at least 4 members (excludes halogenated alkanes) is 1. The third-order valence-corrected chi connectivity index (χ3v) is 6.73. The number of hydrogen-bond donors (Lipinski definition) is 0. The van der Waals surface area contributed by atoms with Crippen molar-refractivity contribution in [2.75, 3.05) is 46.4 Å². The molecule has 0 N–H and O–H groups in total. The third kappa shape index (κ3) is 5.10. The fourth-order valence-electron chi connectivity index (χ4n) is 4.86. The van der Waals surface area contributed by atoms with E-state index in [1.807, 2.05) is 0 Å². The molecule has 0 radical (unpaired) electrons. The lowest BCUT2D eigenvalue weighted by molar-refractivity contribution is 0.0369. The molecule has 1 aromatic heterocycles. The van der Waals surface area contributed by atoms with Crippen molar-refractivity contribution < 1.29 is 9.26 Å². The predicted molar refractivity (Wildman–Crippen MR) is 118 cm³/mol. The second-order valence-corrected chi connectivity index (χ2v) is 9.07. The Morgan fingerprint density at radius 3 is 2.53 bits per heavy atom. The number of morpholine rings is 1. The molecule has 0 unspecified atom stereocenters. The van der Waals surface area contributed by atoms with Crippen LogP contribution in [0.15, 0.2) is 28.8 Å². The maximum atomic E-state index is 5.69. The Morgan fingerprint density at radius 1 is 1.07 bits per heavy atom. The summed E-state index contributed by atoms with van der Waals surface area (Å²) in [7, 11) is 2.14. The van der Waals surface area contributed by atoms with Gasteiger partial charge < -0.3 is 9.26 Å². The van der Waals surface area contributed by atoms with E-state index in [-0.39, 0.29) is 5.41 Å². The molecule has 1 aromatic carbocycles. The summed E-state index contributed by atoms with van der Waals surface area (Å²) in [5, 5.41) is 4.45. The normalized spacial score (nSPS) is 19.6. The van der Waals surface area contributed by atoms with E-state index in [1.165, 1.54) is 43.4 Å². The van der Waals surface area contributed by atoms with Gasteiger partial charge in [-0.05, 0) is 58.3 Å². The van der Waals surface area contributed by atoms with E-state index < -0.39 is 0 Å². The number of rotatable bonds is 9. The highest BCUT2D eigenvalue weighted by Gasteiger charge is 2.41. The van der Waals surface area contributed by atoms with Crippen molar-refractivity contribution in [3.8, 4) is 0 Å². The average molecular weight is 413 g/mol. The van der Waals surface area contributed by atoms with Gasteiger partial charge in [0.25, 0.3) is 0 Å². The number of aryl methyl sites for hydroxylation is 1. The molecule has 1 saturated heterocycles. The van der Waals surface area contributed by atoms with Crippen LogP contribution in [0.1, 0.15) is 61.4 Å². The van der Waals surface area contributed by atoms with Crippen molar-refractivity contribution in [1.82, 2.24) is 19.9 Å². The largest absolute Gasteiger partial charge is 0.379 e. The molecule has 164 valence electrons. The van der Waals surface area contributed by atoms with E-state index in [9.17, 15) is 0 Å². The minimum absolute atomic E-state index is 0.0772. The Labute approximate surface area is 180 Å². The van der Waals surface area contributed by atoms with Gasteiger partial charge in [-0.15, -0.1) is 0 Å². The lowest BCUT2D eigenvalue weighted by atomic mass is 9.78. The maximum Gasteiger partial charge on any atom is 0.240 e. The molecular formula is C24H36N4O2. The molecule has 1 aliphatic carbocycles. The highest BCUT2D eigenvalue weighted by molar-refractivity contribution is 5.35. The van der Waals surface area contributed by atoms with Gasteiger partial charge in [-0.3, -0.25) is 9.80 Å². The van der Waals surface area contributed by atoms with Crippen LogP contribution >= 0.6 is 0 Å². The van der Waals surface area contributed by atoms with Crippen LogP contribution in [0.4, 0.5) is 0 Å². The van der Waals surface area contributed by atoms with E-state index in [2.05, 4.69) is 53.2 Å². The van der Waals surface area contributed by atoms with Crippen molar-refractivity contribution in [3.63, 3.8) is 0 Å². The molecule has 30 heavy (non-hydrogen) atoms. The molecular weight excluding hydrogens is 376 g/mol. The second-order valence-electron chi connectivity index (χ2n) is 9.07. The van der Waals surface area contributed by atoms with Crippen molar-refractivity contribution >= 4 is 0 Å². The van der Waals surface area contributed by atoms with E-state index in [0.29, 0.717) is 6.54 Å². The van der Waals surface area contributed by atoms with Gasteiger partial charge in [0, 0.05) is 13.1 Å². The Balaban J connectivity index is 1.31. The minimum Gasteiger partial charge on any atom is -0.379 e. The molecule has 0 bridgehead atoms. The number of nitrogens with zero attached hydrogens (tertiary/aromatic N) is 4. The zero-order chi connectivity index (χ0) is 20.8. The fourth-order valence-corrected chi connectivity index (χ4v) is 4.86. The minimum atomic E-state index is -0.0772. The van der Waals surface area contributed by atoms with Crippen molar-refractivity contribution in [1.29, 1.82) is 0 Å². The van der Waals surface area contributed by atoms with Crippen LogP contribution in [0.25, 0.3) is 0 Å². The number of aromatic nitrogens is 2. The zero-order valence-electron chi connectivity index (χ0n) is 18.6. The van der Waals surface area contributed by atoms with E-state index in [1.54, 1.807) is 0 Å². The van der Waals surface area contributed by atoms with Gasteiger partial charge in [-0.1, -0.05) is 47.8 Å². The maximum absolute atomic E-state index is 5.69. The van der Waals surface area contributed by atoms with Gasteiger partial charge in [0.05, 0.1) is 25.2 Å². The smallest absolute Gasteiger partial charge is 0.240 e. The SMILES string of the molecule is Cc1ccc(C2(c3noc(CN(C)CCCCN4CCOCC4)n3)CCCC2)cc1. The Hall–Kier alpha value is -1.76. The Kier molecular flexibility index (Phi) is 7.18. The first-order valence-corrected chi connectivity index (χ1v) is 11.5. The van der Waals surface area contributed by atoms with Gasteiger partial charge >= 0.3 is 0 Å². The third-order valence-electron chi connectivity index (χ3n) is 6.73. The highest BCUT2D eigenvalue weighted by Crippen LogP contribution is 2.45. The first-order valence-electron chi connectivity index (χ1n) is 11.5. The van der Waals surface area contributed by atoms with Crippen LogP contribution in [0.2, 0.25) is 0 Å². The average Bonchev–Trinajstić information content (AvgIpc) is 3.43. The summed E-state index contributed by atoms with van der Waals surface area (Å²) >= 11 is 0. The first kappa shape index (κ1) is 21.5. The van der Waals surface area contributed by atoms with Gasteiger partial charge in [-0.2, -0.15) is 4.98 Å². The molecule has 4 rings (SSSR count). The first-order chi connectivity index (χ1) is 14.7. The molecule has 1 saturated carbocycles. The monoisotopic (exact) mass is 412 g/mol. The van der Waals surface area contributed by atoms with E-state index >= 15 is 0 Å². The standard InChI is InChI=1S/C24H36N4O2/c1-20-7-9-21(10-8-20)24(11-3-4-12-24)23-25-22(30-26-23)19-27(2)13-5-6-14-28-15-17-29-18-16-28/h7-10H,3-6,11-19H2,1-2H3. The lowest BCUT2D eigenvalue weighted by Crippen LogP contribution is -2.37. The fraction of sp³-hybridized carbons (Fsp3) is 0.667. The topological polar surface area (TPSA) is 54.6 Å². The number of hydrogen-bond acceptors (Lipinski definition) is 6. The molecule has 0 amide bonds. The Bertz CT molecular complexity index is 777. The quantitative estimate of drug-likeness (QED) is 0.584. The Morgan fingerprint density at radius 2 is 1.80 bits per heavy atom. The summed E-state index contributed by atoms with van der Waals surface area (Å²) in [6.45, 7) is 8.97. The highest BCUT2D eigenvalue weighted by atomic mass is 16.5. The van der Waals surface area contributed by atoms with Gasteiger partial charge in [0.15, 0.2) is 5.82 Å². The summed E-state index contributed by atoms with van der Waals surface area (Å²) in [5.41, 5.74) is 2.54. The van der Waals surface area contributed by atoms with Crippen LogP contribution in [-0.4, -0.2) is 66.4 Å². The van der Waals surface area contributed by atoms with Gasteiger partial charge in [0.1, 0.15) is 0 Å². The molecule has 6 heteroatoms. The molecule has 2 aromatic rings. The van der Waals surface area contributed by atoms with Crippen LogP contribution in [0.5, 0.6) is 0 Å². The molecule has 2 aliphatic rings. The summed E-state index contributed by atoms with van der Waals surface area (Å²) < 4.78 is 11.1. The van der Waals surface area contributed by atoms with Crippen LogP contribution in [-0.2, 0) is 16.7 Å². The van der Waals surface area contributed by atoms with Gasteiger partial charge in [-0.25, -0.2) is 0 Å². The molecule has 1 aliphatic heterocycles. The number of ether oxygens (including phenoxy) is 1. The van der Waals surface area contributed by atoms with Crippen molar-refractivity contribution in [3.05, 3.63) is 47.1 Å². The molecule has 6 nitrogen and oxygen atoms in total.